The van der Waals surface area contributed by atoms with Crippen LogP contribution in [0, 0.1) is 0 Å². The Morgan fingerprint density at radius 3 is 2.87 bits per heavy atom. The normalized spacial score (nSPS) is 15.1. The van der Waals surface area contributed by atoms with Gasteiger partial charge < -0.3 is 15.5 Å². The average Bonchev–Trinajstić information content (AvgIpc) is 2.86. The van der Waals surface area contributed by atoms with Crippen molar-refractivity contribution in [2.75, 3.05) is 27.2 Å². The number of benzene rings is 1. The number of aromatic nitrogens is 2. The Kier molecular flexibility index (Phi) is 4.04. The lowest BCUT2D eigenvalue weighted by molar-refractivity contribution is -0.131. The summed E-state index contributed by atoms with van der Waals surface area (Å²) in [5.74, 6) is -0.416. The number of rotatable bonds is 4. The summed E-state index contributed by atoms with van der Waals surface area (Å²) in [7, 11) is 3.96. The van der Waals surface area contributed by atoms with Crippen LogP contribution in [-0.4, -0.2) is 59.0 Å². The van der Waals surface area contributed by atoms with Crippen LogP contribution in [0.4, 0.5) is 0 Å². The zero-order valence-electron chi connectivity index (χ0n) is 13.4. The number of primary amides is 1. The number of aromatic amines is 1. The quantitative estimate of drug-likeness (QED) is 0.859. The molecule has 0 spiro atoms. The fourth-order valence-corrected chi connectivity index (χ4v) is 3.02. The smallest absolute Gasteiger partial charge is 0.269 e. The Balaban J connectivity index is 2.05. The molecule has 7 heteroatoms. The molecule has 0 fully saturated rings. The number of nitrogens with zero attached hydrogens (tertiary/aromatic N) is 3. The third kappa shape index (κ3) is 2.92. The molecule has 2 heterocycles. The molecule has 3 N–H and O–H groups in total. The first-order chi connectivity index (χ1) is 11.0. The lowest BCUT2D eigenvalue weighted by atomic mass is 9.98. The van der Waals surface area contributed by atoms with E-state index < -0.39 is 5.91 Å². The topological polar surface area (TPSA) is 95.3 Å². The van der Waals surface area contributed by atoms with Gasteiger partial charge in [-0.3, -0.25) is 14.7 Å². The van der Waals surface area contributed by atoms with E-state index in [-0.39, 0.29) is 11.6 Å². The van der Waals surface area contributed by atoms with Crippen LogP contribution < -0.4 is 5.73 Å². The molecule has 0 saturated heterocycles. The van der Waals surface area contributed by atoms with Crippen LogP contribution in [0.3, 0.4) is 0 Å². The number of hydrogen-bond donors (Lipinski definition) is 2. The maximum absolute atomic E-state index is 12.4. The molecule has 2 aromatic rings. The first kappa shape index (κ1) is 15.5. The molecule has 7 nitrogen and oxygen atoms in total. The predicted octanol–water partition coefficient (Wildman–Crippen LogP) is 0.498. The highest BCUT2D eigenvalue weighted by Gasteiger charge is 2.25. The van der Waals surface area contributed by atoms with E-state index in [0.717, 1.165) is 28.6 Å². The van der Waals surface area contributed by atoms with Crippen LogP contribution in [0.25, 0.3) is 10.9 Å². The number of H-pyrrole nitrogens is 1. The minimum absolute atomic E-state index is 0.139. The van der Waals surface area contributed by atoms with Gasteiger partial charge in [0, 0.05) is 31.4 Å². The second-order valence-corrected chi connectivity index (χ2v) is 6.18. The van der Waals surface area contributed by atoms with Crippen molar-refractivity contribution in [2.45, 2.75) is 19.4 Å². The van der Waals surface area contributed by atoms with Crippen molar-refractivity contribution in [3.8, 4) is 0 Å². The van der Waals surface area contributed by atoms with E-state index in [4.69, 9.17) is 5.73 Å². The van der Waals surface area contributed by atoms with Crippen molar-refractivity contribution in [3.63, 3.8) is 0 Å². The Bertz CT molecular complexity index is 765. The van der Waals surface area contributed by atoms with Crippen molar-refractivity contribution in [3.05, 3.63) is 29.0 Å². The van der Waals surface area contributed by atoms with Crippen LogP contribution in [0.15, 0.2) is 12.1 Å². The number of likely N-dealkylation sites (N-methyl/N-ethyl adjacent to an activating group) is 1. The number of nitrogens with two attached hydrogens (primary N) is 1. The summed E-state index contributed by atoms with van der Waals surface area (Å²) in [5.41, 5.74) is 8.54. The zero-order valence-corrected chi connectivity index (χ0v) is 13.4. The summed E-state index contributed by atoms with van der Waals surface area (Å²) in [6.45, 7) is 1.94. The van der Waals surface area contributed by atoms with E-state index in [1.807, 2.05) is 36.0 Å². The molecule has 1 aliphatic heterocycles. The fourth-order valence-electron chi connectivity index (χ4n) is 3.02. The molecule has 0 atom stereocenters. The van der Waals surface area contributed by atoms with Crippen molar-refractivity contribution in [1.82, 2.24) is 20.0 Å². The fraction of sp³-hybridized carbons (Fsp3) is 0.438. The van der Waals surface area contributed by atoms with Gasteiger partial charge in [-0.05, 0) is 37.7 Å². The molecule has 3 rings (SSSR count). The van der Waals surface area contributed by atoms with E-state index in [2.05, 4.69) is 10.2 Å². The van der Waals surface area contributed by atoms with Gasteiger partial charge in [0.05, 0.1) is 5.52 Å². The molecule has 2 amide bonds. The van der Waals surface area contributed by atoms with Gasteiger partial charge in [-0.1, -0.05) is 6.07 Å². The molecule has 1 aromatic heterocycles. The summed E-state index contributed by atoms with van der Waals surface area (Å²) in [6.07, 6.45) is 1.15. The highest BCUT2D eigenvalue weighted by atomic mass is 16.2. The van der Waals surface area contributed by atoms with Gasteiger partial charge in [-0.2, -0.15) is 5.10 Å². The summed E-state index contributed by atoms with van der Waals surface area (Å²) >= 11 is 0. The van der Waals surface area contributed by atoms with E-state index in [9.17, 15) is 9.59 Å². The molecule has 122 valence electrons. The molecule has 23 heavy (non-hydrogen) atoms. The summed E-state index contributed by atoms with van der Waals surface area (Å²) < 4.78 is 0. The van der Waals surface area contributed by atoms with Gasteiger partial charge >= 0.3 is 0 Å². The monoisotopic (exact) mass is 315 g/mol. The SMILES string of the molecule is CN(C)CCN1Cc2c(ccc3[nH]nc(C(N)=O)c23)CCC1=O. The number of hydrogen-bond acceptors (Lipinski definition) is 4. The summed E-state index contributed by atoms with van der Waals surface area (Å²) in [6, 6.07) is 3.90. The van der Waals surface area contributed by atoms with Crippen LogP contribution in [0.1, 0.15) is 28.0 Å². The number of fused-ring (bicyclic) bond motifs is 3. The molecule has 1 aromatic carbocycles. The number of carbonyl (C=O) groups is 2. The molecular weight excluding hydrogens is 294 g/mol. The van der Waals surface area contributed by atoms with Crippen LogP contribution >= 0.6 is 0 Å². The minimum atomic E-state index is -0.555. The number of amides is 2. The van der Waals surface area contributed by atoms with E-state index in [0.29, 0.717) is 25.9 Å². The first-order valence-electron chi connectivity index (χ1n) is 7.68. The molecule has 0 aliphatic carbocycles. The largest absolute Gasteiger partial charge is 0.364 e. The Morgan fingerprint density at radius 2 is 2.17 bits per heavy atom. The highest BCUT2D eigenvalue weighted by Crippen LogP contribution is 2.28. The molecular formula is C16H21N5O2. The van der Waals surface area contributed by atoms with Crippen LogP contribution in [0.2, 0.25) is 0 Å². The number of nitrogens with one attached hydrogen (secondary N) is 1. The van der Waals surface area contributed by atoms with Crippen molar-refractivity contribution >= 4 is 22.7 Å². The third-order valence-electron chi connectivity index (χ3n) is 4.30. The van der Waals surface area contributed by atoms with Gasteiger partial charge in [0.2, 0.25) is 5.91 Å². The van der Waals surface area contributed by atoms with Gasteiger partial charge in [0.1, 0.15) is 0 Å². The lowest BCUT2D eigenvalue weighted by Crippen LogP contribution is -2.35. The maximum Gasteiger partial charge on any atom is 0.269 e. The summed E-state index contributed by atoms with van der Waals surface area (Å²) in [4.78, 5) is 27.9. The van der Waals surface area contributed by atoms with Gasteiger partial charge in [-0.15, -0.1) is 0 Å². The van der Waals surface area contributed by atoms with E-state index in [1.54, 1.807) is 0 Å². The van der Waals surface area contributed by atoms with Crippen molar-refractivity contribution < 1.29 is 9.59 Å². The standard InChI is InChI=1S/C16H21N5O2/c1-20(2)7-8-21-9-11-10(4-6-13(21)22)3-5-12-14(11)15(16(17)23)19-18-12/h3,5H,4,6-9H2,1-2H3,(H2,17,23)(H,18,19). The van der Waals surface area contributed by atoms with E-state index in [1.165, 1.54) is 0 Å². The molecule has 1 aliphatic rings. The molecule has 0 radical (unpaired) electrons. The van der Waals surface area contributed by atoms with Crippen molar-refractivity contribution in [2.24, 2.45) is 5.73 Å². The van der Waals surface area contributed by atoms with Gasteiger partial charge in [-0.25, -0.2) is 0 Å². The first-order valence-corrected chi connectivity index (χ1v) is 7.68. The Morgan fingerprint density at radius 1 is 1.39 bits per heavy atom. The van der Waals surface area contributed by atoms with Gasteiger partial charge in [0.15, 0.2) is 5.69 Å². The van der Waals surface area contributed by atoms with Gasteiger partial charge in [0.25, 0.3) is 5.91 Å². The van der Waals surface area contributed by atoms with Crippen molar-refractivity contribution in [1.29, 1.82) is 0 Å². The third-order valence-corrected chi connectivity index (χ3v) is 4.30. The zero-order chi connectivity index (χ0) is 16.6. The minimum Gasteiger partial charge on any atom is -0.364 e. The van der Waals surface area contributed by atoms with Crippen LogP contribution in [0.5, 0.6) is 0 Å². The average molecular weight is 315 g/mol. The maximum atomic E-state index is 12.4. The lowest BCUT2D eigenvalue weighted by Gasteiger charge is -2.23. The molecule has 0 unspecified atom stereocenters. The summed E-state index contributed by atoms with van der Waals surface area (Å²) in [5, 5.41) is 7.64. The van der Waals surface area contributed by atoms with E-state index >= 15 is 0 Å². The highest BCUT2D eigenvalue weighted by molar-refractivity contribution is 6.05. The number of carbonyl (C=O) groups excluding carboxylic acids is 2. The Labute approximate surface area is 134 Å². The predicted molar refractivity (Wildman–Crippen MR) is 86.9 cm³/mol. The second kappa shape index (κ2) is 6.00. The second-order valence-electron chi connectivity index (χ2n) is 6.18. The molecule has 0 bridgehead atoms. The Hall–Kier alpha value is -2.41. The van der Waals surface area contributed by atoms with Crippen LogP contribution in [-0.2, 0) is 17.8 Å². The number of aryl methyl sites for hydroxylation is 1. The molecule has 0 saturated carbocycles.